The Morgan fingerprint density at radius 3 is 2.18 bits per heavy atom. The first-order valence-corrected chi connectivity index (χ1v) is 11.1. The van der Waals surface area contributed by atoms with Crippen molar-refractivity contribution in [1.29, 1.82) is 0 Å². The van der Waals surface area contributed by atoms with Crippen molar-refractivity contribution >= 4 is 21.6 Å². The Morgan fingerprint density at radius 1 is 0.893 bits per heavy atom. The zero-order valence-corrected chi connectivity index (χ0v) is 16.7. The van der Waals surface area contributed by atoms with Crippen molar-refractivity contribution in [1.82, 2.24) is 9.62 Å². The molecule has 0 aromatic heterocycles. The van der Waals surface area contributed by atoms with Crippen molar-refractivity contribution < 1.29 is 13.2 Å². The monoisotopic (exact) mass is 401 g/mol. The topological polar surface area (TPSA) is 78.5 Å². The molecule has 28 heavy (non-hydrogen) atoms. The first kappa shape index (κ1) is 20.4. The summed E-state index contributed by atoms with van der Waals surface area (Å²) < 4.78 is 27.1. The summed E-state index contributed by atoms with van der Waals surface area (Å²) in [6.45, 7) is 1.78. The fourth-order valence-corrected chi connectivity index (χ4v) is 4.73. The summed E-state index contributed by atoms with van der Waals surface area (Å²) >= 11 is 0. The highest BCUT2D eigenvalue weighted by Crippen LogP contribution is 2.21. The number of nitrogens with one attached hydrogen (secondary N) is 2. The lowest BCUT2D eigenvalue weighted by Crippen LogP contribution is -2.32. The molecule has 0 saturated carbocycles. The molecule has 1 fully saturated rings. The molecule has 1 saturated heterocycles. The van der Waals surface area contributed by atoms with Gasteiger partial charge in [-0.25, -0.2) is 8.42 Å². The van der Waals surface area contributed by atoms with E-state index in [9.17, 15) is 13.2 Å². The van der Waals surface area contributed by atoms with Gasteiger partial charge in [0, 0.05) is 25.3 Å². The first-order chi connectivity index (χ1) is 13.6. The van der Waals surface area contributed by atoms with E-state index in [4.69, 9.17) is 0 Å². The molecule has 0 spiro atoms. The number of carbonyl (C=O) groups excluding carboxylic acids is 1. The van der Waals surface area contributed by atoms with Gasteiger partial charge in [0.25, 0.3) is 0 Å². The molecular formula is C21H27N3O3S. The number of hydrogen-bond donors (Lipinski definition) is 2. The van der Waals surface area contributed by atoms with Crippen LogP contribution in [0, 0.1) is 0 Å². The third kappa shape index (κ3) is 5.56. The van der Waals surface area contributed by atoms with Crippen molar-refractivity contribution in [2.45, 2.75) is 37.1 Å². The number of carbonyl (C=O) groups is 1. The van der Waals surface area contributed by atoms with Crippen LogP contribution in [0.4, 0.5) is 5.69 Å². The number of rotatable bonds is 7. The second-order valence-corrected chi connectivity index (χ2v) is 8.90. The number of sulfonamides is 1. The minimum Gasteiger partial charge on any atom is -0.376 e. The number of anilines is 1. The zero-order valence-electron chi connectivity index (χ0n) is 15.9. The van der Waals surface area contributed by atoms with E-state index >= 15 is 0 Å². The maximum atomic E-state index is 12.8. The Labute approximate surface area is 167 Å². The molecule has 0 unspecified atom stereocenters. The van der Waals surface area contributed by atoms with Crippen LogP contribution < -0.4 is 10.6 Å². The maximum absolute atomic E-state index is 12.8. The molecule has 150 valence electrons. The van der Waals surface area contributed by atoms with Gasteiger partial charge in [-0.2, -0.15) is 4.31 Å². The Bertz CT molecular complexity index is 860. The summed E-state index contributed by atoms with van der Waals surface area (Å²) in [6, 6.07) is 16.3. The van der Waals surface area contributed by atoms with Crippen molar-refractivity contribution in [2.24, 2.45) is 0 Å². The van der Waals surface area contributed by atoms with E-state index in [-0.39, 0.29) is 12.5 Å². The molecule has 0 radical (unpaired) electrons. The quantitative estimate of drug-likeness (QED) is 0.748. The third-order valence-electron chi connectivity index (χ3n) is 4.84. The molecule has 1 aliphatic rings. The largest absolute Gasteiger partial charge is 0.376 e. The maximum Gasteiger partial charge on any atom is 0.243 e. The minimum atomic E-state index is -3.45. The molecule has 0 bridgehead atoms. The van der Waals surface area contributed by atoms with Gasteiger partial charge in [-0.15, -0.1) is 0 Å². The molecule has 2 N–H and O–H groups in total. The minimum absolute atomic E-state index is 0.120. The molecular weight excluding hydrogens is 374 g/mol. The summed E-state index contributed by atoms with van der Waals surface area (Å²) in [7, 11) is -3.45. The van der Waals surface area contributed by atoms with E-state index < -0.39 is 10.0 Å². The molecule has 6 nitrogen and oxygen atoms in total. The van der Waals surface area contributed by atoms with Gasteiger partial charge in [0.05, 0.1) is 11.4 Å². The Kier molecular flexibility index (Phi) is 7.06. The lowest BCUT2D eigenvalue weighted by molar-refractivity contribution is -0.119. The van der Waals surface area contributed by atoms with E-state index in [0.717, 1.165) is 31.2 Å². The average molecular weight is 402 g/mol. The fraction of sp³-hybridized carbons (Fsp3) is 0.381. The zero-order chi connectivity index (χ0) is 19.8. The van der Waals surface area contributed by atoms with Crippen LogP contribution in [0.5, 0.6) is 0 Å². The molecule has 0 aliphatic carbocycles. The van der Waals surface area contributed by atoms with E-state index in [1.165, 1.54) is 0 Å². The summed E-state index contributed by atoms with van der Waals surface area (Å²) in [5, 5.41) is 5.88. The van der Waals surface area contributed by atoms with E-state index in [0.29, 0.717) is 30.2 Å². The van der Waals surface area contributed by atoms with Crippen LogP contribution in [0.1, 0.15) is 31.2 Å². The third-order valence-corrected chi connectivity index (χ3v) is 6.76. The van der Waals surface area contributed by atoms with Crippen molar-refractivity contribution in [3.63, 3.8) is 0 Å². The lowest BCUT2D eigenvalue weighted by Gasteiger charge is -2.20. The van der Waals surface area contributed by atoms with Crippen LogP contribution in [0.25, 0.3) is 0 Å². The molecule has 7 heteroatoms. The summed E-state index contributed by atoms with van der Waals surface area (Å²) in [5.74, 6) is -0.120. The lowest BCUT2D eigenvalue weighted by atomic mass is 10.2. The van der Waals surface area contributed by atoms with Gasteiger partial charge < -0.3 is 10.6 Å². The second kappa shape index (κ2) is 9.71. The Balaban J connectivity index is 1.51. The molecule has 2 aromatic carbocycles. The van der Waals surface area contributed by atoms with Crippen LogP contribution in [-0.2, 0) is 21.4 Å². The standard InChI is InChI=1S/C21H27N3O3S/c25-21(23-16-18-8-4-3-5-9-18)17-22-19-10-12-20(13-11-19)28(26,27)24-14-6-1-2-7-15-24/h3-5,8-13,22H,1-2,6-7,14-17H2,(H,23,25). The van der Waals surface area contributed by atoms with E-state index in [1.54, 1.807) is 28.6 Å². The predicted molar refractivity (Wildman–Crippen MR) is 110 cm³/mol. The summed E-state index contributed by atoms with van der Waals surface area (Å²) in [4.78, 5) is 12.3. The van der Waals surface area contributed by atoms with Gasteiger partial charge in [-0.3, -0.25) is 4.79 Å². The molecule has 0 atom stereocenters. The highest BCUT2D eigenvalue weighted by atomic mass is 32.2. The Morgan fingerprint density at radius 2 is 1.54 bits per heavy atom. The smallest absolute Gasteiger partial charge is 0.243 e. The van der Waals surface area contributed by atoms with Gasteiger partial charge in [-0.1, -0.05) is 43.2 Å². The van der Waals surface area contributed by atoms with Crippen LogP contribution in [0.2, 0.25) is 0 Å². The van der Waals surface area contributed by atoms with Crippen LogP contribution in [0.3, 0.4) is 0 Å². The van der Waals surface area contributed by atoms with Crippen molar-refractivity contribution in [2.75, 3.05) is 25.0 Å². The van der Waals surface area contributed by atoms with Crippen molar-refractivity contribution in [3.05, 3.63) is 60.2 Å². The van der Waals surface area contributed by atoms with E-state index in [1.807, 2.05) is 30.3 Å². The second-order valence-electron chi connectivity index (χ2n) is 6.96. The SMILES string of the molecule is O=C(CNc1ccc(S(=O)(=O)N2CCCCCC2)cc1)NCc1ccccc1. The Hall–Kier alpha value is -2.38. The van der Waals surface area contributed by atoms with Gasteiger partial charge in [0.15, 0.2) is 0 Å². The van der Waals surface area contributed by atoms with Gasteiger partial charge in [0.1, 0.15) is 0 Å². The number of benzene rings is 2. The van der Waals surface area contributed by atoms with Crippen LogP contribution in [-0.4, -0.2) is 38.3 Å². The molecule has 2 aromatic rings. The van der Waals surface area contributed by atoms with Gasteiger partial charge in [-0.05, 0) is 42.7 Å². The molecule has 3 rings (SSSR count). The van der Waals surface area contributed by atoms with Crippen LogP contribution >= 0.6 is 0 Å². The number of hydrogen-bond acceptors (Lipinski definition) is 4. The molecule has 1 amide bonds. The average Bonchev–Trinajstić information content (AvgIpc) is 3.02. The van der Waals surface area contributed by atoms with E-state index in [2.05, 4.69) is 10.6 Å². The normalized spacial score (nSPS) is 15.6. The summed E-state index contributed by atoms with van der Waals surface area (Å²) in [6.07, 6.45) is 4.00. The molecule has 1 aliphatic heterocycles. The number of nitrogens with zero attached hydrogens (tertiary/aromatic N) is 1. The van der Waals surface area contributed by atoms with Gasteiger partial charge in [0.2, 0.25) is 15.9 Å². The van der Waals surface area contributed by atoms with Gasteiger partial charge >= 0.3 is 0 Å². The fourth-order valence-electron chi connectivity index (χ4n) is 3.22. The number of amides is 1. The highest BCUT2D eigenvalue weighted by Gasteiger charge is 2.24. The highest BCUT2D eigenvalue weighted by molar-refractivity contribution is 7.89. The summed E-state index contributed by atoms with van der Waals surface area (Å²) in [5.41, 5.74) is 1.75. The van der Waals surface area contributed by atoms with Crippen LogP contribution in [0.15, 0.2) is 59.5 Å². The van der Waals surface area contributed by atoms with Crippen molar-refractivity contribution in [3.8, 4) is 0 Å². The molecule has 1 heterocycles. The predicted octanol–water partition coefficient (Wildman–Crippen LogP) is 2.98. The first-order valence-electron chi connectivity index (χ1n) is 9.70.